The summed E-state index contributed by atoms with van der Waals surface area (Å²) in [5, 5.41) is 0. The molecule has 4 aliphatic carbocycles. The summed E-state index contributed by atoms with van der Waals surface area (Å²) in [6.45, 7) is 17.0. The van der Waals surface area contributed by atoms with Crippen LogP contribution in [-0.2, 0) is 17.4 Å². The zero-order valence-electron chi connectivity index (χ0n) is 37.2. The summed E-state index contributed by atoms with van der Waals surface area (Å²) in [5.41, 5.74) is 21.8. The first kappa shape index (κ1) is 45.6. The number of allylic oxidation sites excluding steroid dienone is 2. The van der Waals surface area contributed by atoms with Gasteiger partial charge in [0.25, 0.3) is 0 Å². The van der Waals surface area contributed by atoms with Gasteiger partial charge in [-0.05, 0) is 0 Å². The molecule has 0 aliphatic heterocycles. The van der Waals surface area contributed by atoms with E-state index in [1.54, 1.807) is 22.3 Å². The van der Waals surface area contributed by atoms with Crippen LogP contribution >= 0.6 is 24.8 Å². The molecule has 2 atom stereocenters. The van der Waals surface area contributed by atoms with Crippen molar-refractivity contribution in [1.29, 1.82) is 0 Å². The minimum Gasteiger partial charge on any atom is -0.147 e. The first-order valence-electron chi connectivity index (χ1n) is 22.5. The van der Waals surface area contributed by atoms with Crippen LogP contribution in [0.1, 0.15) is 155 Å². The Labute approximate surface area is 367 Å². The Bertz CT molecular complexity index is 2090. The van der Waals surface area contributed by atoms with Crippen LogP contribution in [0.25, 0.3) is 34.4 Å². The Kier molecular flexibility index (Phi) is 13.7. The number of aryl methyl sites for hydroxylation is 4. The quantitative estimate of drug-likeness (QED) is 0.122. The third-order valence-corrected chi connectivity index (χ3v) is 32.7. The molecule has 0 radical (unpaired) electrons. The largest absolute Gasteiger partial charge is 0.147 e. The molecular formula is C54H72Cl2SiZr. The van der Waals surface area contributed by atoms with Crippen LogP contribution in [0.5, 0.6) is 0 Å². The Hall–Kier alpha value is -1.96. The molecule has 58 heavy (non-hydrogen) atoms. The molecule has 4 aliphatic rings. The summed E-state index contributed by atoms with van der Waals surface area (Å²) in [6.07, 6.45) is 24.7. The van der Waals surface area contributed by atoms with Crippen molar-refractivity contribution in [1.82, 2.24) is 0 Å². The topological polar surface area (TPSA) is 0 Å². The average molecular weight is 911 g/mol. The second kappa shape index (κ2) is 17.4. The van der Waals surface area contributed by atoms with E-state index in [0.29, 0.717) is 18.1 Å². The summed E-state index contributed by atoms with van der Waals surface area (Å²) in [6, 6.07) is 29.3. The van der Waals surface area contributed by atoms with Crippen molar-refractivity contribution in [3.8, 4) is 22.3 Å². The molecule has 8 rings (SSSR count). The molecule has 310 valence electrons. The second-order valence-electron chi connectivity index (χ2n) is 21.4. The smallest absolute Gasteiger partial charge is 0.147 e. The maximum absolute atomic E-state index is 3.95. The van der Waals surface area contributed by atoms with E-state index in [2.05, 4.69) is 143 Å². The Balaban J connectivity index is 0.00000283. The van der Waals surface area contributed by atoms with Crippen LogP contribution in [0.15, 0.2) is 83.9 Å². The molecule has 0 nitrogen and oxygen atoms in total. The van der Waals surface area contributed by atoms with Crippen LogP contribution in [0, 0.1) is 38.5 Å². The van der Waals surface area contributed by atoms with Crippen LogP contribution in [0.2, 0.25) is 9.26 Å². The molecule has 0 aromatic heterocycles. The summed E-state index contributed by atoms with van der Waals surface area (Å²) < 4.78 is 6.89. The molecule has 0 bridgehead atoms. The molecule has 2 fully saturated rings. The summed E-state index contributed by atoms with van der Waals surface area (Å²) in [4.78, 5) is 0. The minimum atomic E-state index is -3.95. The fraction of sp³-hybridized carbons (Fsp3) is 0.481. The standard InChI is InChI=1S/2C26H31.2CH3.2ClH.H2Si.Zr/c2*1-19-13-20(2)15-23(14-19)24-10-8-9-22-16-21(17-25(22)24)18-26(3)11-6-4-5-7-12-26;;;;;;/h2*8-10,13-17H,4-7,11-12,18H2,1-3H3;2*1H3;2*1H;1H2;. The summed E-state index contributed by atoms with van der Waals surface area (Å²) in [7, 11) is 0. The summed E-state index contributed by atoms with van der Waals surface area (Å²) in [5.74, 6) is 0. The third kappa shape index (κ3) is 8.99. The molecule has 0 amide bonds. The number of hydrogen-bond acceptors (Lipinski definition) is 0. The van der Waals surface area contributed by atoms with E-state index in [9.17, 15) is 0 Å². The molecule has 4 heteroatoms. The van der Waals surface area contributed by atoms with E-state index in [4.69, 9.17) is 0 Å². The van der Waals surface area contributed by atoms with E-state index in [1.165, 1.54) is 146 Å². The van der Waals surface area contributed by atoms with Gasteiger partial charge in [-0.15, -0.1) is 24.8 Å². The monoisotopic (exact) mass is 908 g/mol. The van der Waals surface area contributed by atoms with Crippen LogP contribution in [0.3, 0.4) is 0 Å². The number of halogens is 2. The van der Waals surface area contributed by atoms with Gasteiger partial charge in [-0.3, -0.25) is 0 Å². The fourth-order valence-corrected chi connectivity index (χ4v) is 32.6. The van der Waals surface area contributed by atoms with Crippen molar-refractivity contribution in [3.05, 3.63) is 128 Å². The number of fused-ring (bicyclic) bond motifs is 2. The van der Waals surface area contributed by atoms with Crippen LogP contribution < -0.4 is 0 Å². The molecular weight excluding hydrogens is 839 g/mol. The van der Waals surface area contributed by atoms with E-state index in [0.717, 1.165) is 0 Å². The molecule has 0 saturated heterocycles. The number of hydrogen-bond donors (Lipinski definition) is 0. The van der Waals surface area contributed by atoms with Gasteiger partial charge in [0.15, 0.2) is 0 Å². The Morgan fingerprint density at radius 3 is 1.17 bits per heavy atom. The Morgan fingerprint density at radius 1 is 0.517 bits per heavy atom. The maximum Gasteiger partial charge on any atom is -0.147 e. The molecule has 0 heterocycles. The van der Waals surface area contributed by atoms with Gasteiger partial charge in [0.1, 0.15) is 0 Å². The second-order valence-corrected chi connectivity index (χ2v) is 51.9. The van der Waals surface area contributed by atoms with Crippen LogP contribution in [0.4, 0.5) is 0 Å². The predicted octanol–water partition coefficient (Wildman–Crippen LogP) is 16.5. The SMILES string of the molecule is Cc1cc(C)cc(-c2cccc3c2C=C(CC2(C)CCCCCC2)[CH]3[Zr]([CH3])([CH3])(=[SiH2])[CH]2C(CC3(C)CCCCCC3)=Cc3c(-c4cc(C)cc(C)c4)cccc32)c1.Cl.Cl. The van der Waals surface area contributed by atoms with Crippen molar-refractivity contribution in [2.24, 2.45) is 10.8 Å². The molecule has 0 spiro atoms. The fourth-order valence-electron chi connectivity index (χ4n) is 12.9. The first-order chi connectivity index (χ1) is 26.6. The zero-order valence-corrected chi connectivity index (χ0v) is 42.7. The average Bonchev–Trinajstić information content (AvgIpc) is 3.51. The molecule has 0 N–H and O–H groups in total. The number of benzene rings is 4. The molecule has 4 aromatic rings. The zero-order chi connectivity index (χ0) is 39.5. The van der Waals surface area contributed by atoms with Gasteiger partial charge in [-0.25, -0.2) is 0 Å². The summed E-state index contributed by atoms with van der Waals surface area (Å²) >= 11 is -3.95. The van der Waals surface area contributed by atoms with Crippen molar-refractivity contribution in [2.75, 3.05) is 0 Å². The third-order valence-electron chi connectivity index (χ3n) is 15.1. The van der Waals surface area contributed by atoms with Gasteiger partial charge in [-0.1, -0.05) is 0 Å². The minimum absolute atomic E-state index is 0. The van der Waals surface area contributed by atoms with Gasteiger partial charge in [-0.2, -0.15) is 0 Å². The van der Waals surface area contributed by atoms with Crippen molar-refractivity contribution in [3.63, 3.8) is 0 Å². The van der Waals surface area contributed by atoms with Crippen LogP contribution in [-0.4, -0.2) is 6.88 Å². The van der Waals surface area contributed by atoms with Gasteiger partial charge in [0.2, 0.25) is 0 Å². The van der Waals surface area contributed by atoms with Crippen molar-refractivity contribution in [2.45, 2.75) is 148 Å². The van der Waals surface area contributed by atoms with Crippen molar-refractivity contribution < 1.29 is 17.4 Å². The van der Waals surface area contributed by atoms with Gasteiger partial charge < -0.3 is 0 Å². The van der Waals surface area contributed by atoms with E-state index >= 15 is 0 Å². The van der Waals surface area contributed by atoms with Gasteiger partial charge >= 0.3 is 346 Å². The van der Waals surface area contributed by atoms with Gasteiger partial charge in [0, 0.05) is 0 Å². The van der Waals surface area contributed by atoms with E-state index in [-0.39, 0.29) is 24.8 Å². The Morgan fingerprint density at radius 2 is 0.845 bits per heavy atom. The van der Waals surface area contributed by atoms with E-state index in [1.807, 2.05) is 0 Å². The molecule has 2 saturated carbocycles. The van der Waals surface area contributed by atoms with Gasteiger partial charge in [0.05, 0.1) is 0 Å². The molecule has 4 aromatic carbocycles. The normalized spacial score (nSPS) is 21.3. The van der Waals surface area contributed by atoms with Crippen molar-refractivity contribution >= 4 is 43.8 Å². The molecule has 2 unspecified atom stereocenters. The first-order valence-corrected chi connectivity index (χ1v) is 36.2. The van der Waals surface area contributed by atoms with E-state index < -0.39 is 17.4 Å². The predicted molar refractivity (Wildman–Crippen MR) is 260 cm³/mol. The maximum atomic E-state index is 2.92. The number of rotatable bonds is 8.